The van der Waals surface area contributed by atoms with Crippen molar-refractivity contribution in [3.8, 4) is 0 Å². The summed E-state index contributed by atoms with van der Waals surface area (Å²) in [5.74, 6) is 0. The van der Waals surface area contributed by atoms with Gasteiger partial charge < -0.3 is 4.98 Å². The largest absolute Gasteiger partial charge is 0.418 e. The predicted molar refractivity (Wildman–Crippen MR) is 65.5 cm³/mol. The molecule has 3 rings (SSSR count). The third-order valence-electron chi connectivity index (χ3n) is 3.17. The van der Waals surface area contributed by atoms with Gasteiger partial charge >= 0.3 is 6.18 Å². The van der Waals surface area contributed by atoms with Crippen LogP contribution in [0.4, 0.5) is 13.2 Å². The normalized spacial score (nSPS) is 12.4. The van der Waals surface area contributed by atoms with Crippen molar-refractivity contribution in [2.45, 2.75) is 13.1 Å². The number of rotatable bonds is 0. The first-order chi connectivity index (χ1) is 8.48. The first kappa shape index (κ1) is 11.1. The van der Waals surface area contributed by atoms with E-state index in [0.29, 0.717) is 5.39 Å². The average molecular weight is 249 g/mol. The fourth-order valence-electron chi connectivity index (χ4n) is 2.39. The fourth-order valence-corrected chi connectivity index (χ4v) is 2.39. The molecule has 0 bridgehead atoms. The van der Waals surface area contributed by atoms with Crippen molar-refractivity contribution in [3.05, 3.63) is 47.5 Å². The molecule has 0 radical (unpaired) electrons. The Morgan fingerprint density at radius 3 is 2.39 bits per heavy atom. The van der Waals surface area contributed by atoms with Crippen LogP contribution >= 0.6 is 0 Å². The smallest absolute Gasteiger partial charge is 0.354 e. The van der Waals surface area contributed by atoms with E-state index in [9.17, 15) is 13.2 Å². The second-order valence-electron chi connectivity index (χ2n) is 4.35. The molecule has 0 aliphatic rings. The molecule has 0 fully saturated rings. The Bertz CT molecular complexity index is 738. The molecular weight excluding hydrogens is 239 g/mol. The van der Waals surface area contributed by atoms with Crippen LogP contribution < -0.4 is 0 Å². The Morgan fingerprint density at radius 1 is 0.944 bits per heavy atom. The summed E-state index contributed by atoms with van der Waals surface area (Å²) >= 11 is 0. The highest BCUT2D eigenvalue weighted by atomic mass is 19.4. The summed E-state index contributed by atoms with van der Waals surface area (Å²) in [7, 11) is 0. The Hall–Kier alpha value is -1.97. The van der Waals surface area contributed by atoms with Crippen LogP contribution in [-0.4, -0.2) is 4.98 Å². The van der Waals surface area contributed by atoms with E-state index in [2.05, 4.69) is 4.98 Å². The zero-order chi connectivity index (χ0) is 12.9. The van der Waals surface area contributed by atoms with Gasteiger partial charge in [0.25, 0.3) is 0 Å². The lowest BCUT2D eigenvalue weighted by Gasteiger charge is -2.11. The second kappa shape index (κ2) is 3.51. The molecule has 1 nitrogen and oxygen atoms in total. The van der Waals surface area contributed by atoms with Gasteiger partial charge in [-0.25, -0.2) is 0 Å². The van der Waals surface area contributed by atoms with Crippen LogP contribution in [-0.2, 0) is 6.18 Å². The van der Waals surface area contributed by atoms with Crippen LogP contribution in [0.3, 0.4) is 0 Å². The summed E-state index contributed by atoms with van der Waals surface area (Å²) < 4.78 is 39.3. The molecule has 0 spiro atoms. The molecule has 0 saturated carbocycles. The second-order valence-corrected chi connectivity index (χ2v) is 4.35. The van der Waals surface area contributed by atoms with Crippen molar-refractivity contribution in [2.24, 2.45) is 0 Å². The minimum atomic E-state index is -4.34. The number of aryl methyl sites for hydroxylation is 1. The molecule has 0 aliphatic heterocycles. The number of aromatic nitrogens is 1. The fraction of sp³-hybridized carbons (Fsp3) is 0.143. The van der Waals surface area contributed by atoms with Crippen LogP contribution in [0.5, 0.6) is 0 Å². The molecule has 1 heterocycles. The molecular formula is C14H10F3N. The molecule has 1 aromatic heterocycles. The van der Waals surface area contributed by atoms with E-state index >= 15 is 0 Å². The third-order valence-corrected chi connectivity index (χ3v) is 3.17. The molecule has 2 aromatic carbocycles. The van der Waals surface area contributed by atoms with Gasteiger partial charge in [-0.15, -0.1) is 0 Å². The van der Waals surface area contributed by atoms with Crippen molar-refractivity contribution in [2.75, 3.05) is 0 Å². The number of halogens is 3. The van der Waals surface area contributed by atoms with E-state index in [1.807, 2.05) is 12.1 Å². The zero-order valence-electron chi connectivity index (χ0n) is 9.60. The van der Waals surface area contributed by atoms with Crippen molar-refractivity contribution < 1.29 is 13.2 Å². The number of alkyl halides is 3. The van der Waals surface area contributed by atoms with Gasteiger partial charge in [0.05, 0.1) is 11.1 Å². The monoisotopic (exact) mass is 249 g/mol. The van der Waals surface area contributed by atoms with Crippen LogP contribution in [0.2, 0.25) is 0 Å². The molecule has 4 heteroatoms. The summed E-state index contributed by atoms with van der Waals surface area (Å²) in [6.45, 7) is 1.48. The van der Waals surface area contributed by atoms with Gasteiger partial charge in [-0.1, -0.05) is 30.3 Å². The van der Waals surface area contributed by atoms with Gasteiger partial charge in [-0.3, -0.25) is 0 Å². The van der Waals surface area contributed by atoms with Gasteiger partial charge in [0, 0.05) is 16.3 Å². The minimum absolute atomic E-state index is 0.170. The van der Waals surface area contributed by atoms with Gasteiger partial charge in [0.15, 0.2) is 0 Å². The predicted octanol–water partition coefficient (Wildman–Crippen LogP) is 4.65. The SMILES string of the molecule is Cc1ccc2c([nH]c3ccccc32)c1C(F)(F)F. The maximum Gasteiger partial charge on any atom is 0.418 e. The van der Waals surface area contributed by atoms with E-state index in [1.165, 1.54) is 13.0 Å². The quantitative estimate of drug-likeness (QED) is 0.597. The number of H-pyrrole nitrogens is 1. The van der Waals surface area contributed by atoms with Gasteiger partial charge in [-0.2, -0.15) is 13.2 Å². The molecule has 0 atom stereocenters. The topological polar surface area (TPSA) is 15.8 Å². The summed E-state index contributed by atoms with van der Waals surface area (Å²) in [5.41, 5.74) is 0.560. The number of hydrogen-bond donors (Lipinski definition) is 1. The molecule has 0 saturated heterocycles. The molecule has 0 amide bonds. The number of nitrogens with one attached hydrogen (secondary N) is 1. The zero-order valence-corrected chi connectivity index (χ0v) is 9.60. The number of para-hydroxylation sites is 1. The van der Waals surface area contributed by atoms with E-state index in [4.69, 9.17) is 0 Å². The van der Waals surface area contributed by atoms with E-state index in [1.54, 1.807) is 18.2 Å². The lowest BCUT2D eigenvalue weighted by atomic mass is 10.0. The highest BCUT2D eigenvalue weighted by Gasteiger charge is 2.35. The third kappa shape index (κ3) is 1.49. The molecule has 92 valence electrons. The van der Waals surface area contributed by atoms with E-state index in [0.717, 1.165) is 10.9 Å². The maximum absolute atomic E-state index is 13.1. The Labute approximate surface area is 101 Å². The highest BCUT2D eigenvalue weighted by Crippen LogP contribution is 2.39. The Balaban J connectivity index is 2.52. The van der Waals surface area contributed by atoms with Gasteiger partial charge in [0.1, 0.15) is 0 Å². The Morgan fingerprint density at radius 2 is 1.67 bits per heavy atom. The van der Waals surface area contributed by atoms with Crippen molar-refractivity contribution in [1.82, 2.24) is 4.98 Å². The number of benzene rings is 2. The van der Waals surface area contributed by atoms with Crippen molar-refractivity contribution >= 4 is 21.8 Å². The van der Waals surface area contributed by atoms with E-state index < -0.39 is 11.7 Å². The molecule has 1 N–H and O–H groups in total. The molecule has 18 heavy (non-hydrogen) atoms. The van der Waals surface area contributed by atoms with Gasteiger partial charge in [0.2, 0.25) is 0 Å². The van der Waals surface area contributed by atoms with Gasteiger partial charge in [-0.05, 0) is 18.6 Å². The lowest BCUT2D eigenvalue weighted by molar-refractivity contribution is -0.136. The van der Waals surface area contributed by atoms with Crippen LogP contribution in [0.25, 0.3) is 21.8 Å². The summed E-state index contributed by atoms with van der Waals surface area (Å²) in [5, 5.41) is 1.43. The van der Waals surface area contributed by atoms with E-state index in [-0.39, 0.29) is 11.1 Å². The lowest BCUT2D eigenvalue weighted by Crippen LogP contribution is -2.08. The first-order valence-electron chi connectivity index (χ1n) is 5.55. The highest BCUT2D eigenvalue weighted by molar-refractivity contribution is 6.08. The van der Waals surface area contributed by atoms with Crippen molar-refractivity contribution in [3.63, 3.8) is 0 Å². The average Bonchev–Trinajstić information content (AvgIpc) is 2.64. The van der Waals surface area contributed by atoms with Crippen molar-refractivity contribution in [1.29, 1.82) is 0 Å². The summed E-state index contributed by atoms with van der Waals surface area (Å²) in [4.78, 5) is 2.87. The summed E-state index contributed by atoms with van der Waals surface area (Å²) in [6, 6.07) is 10.5. The number of fused-ring (bicyclic) bond motifs is 3. The standard InChI is InChI=1S/C14H10F3N/c1-8-6-7-10-9-4-2-3-5-11(9)18-13(10)12(8)14(15,16)17/h2-7,18H,1H3. The first-order valence-corrected chi connectivity index (χ1v) is 5.55. The minimum Gasteiger partial charge on any atom is -0.354 e. The maximum atomic E-state index is 13.1. The molecule has 0 unspecified atom stereocenters. The Kier molecular flexibility index (Phi) is 2.17. The summed E-state index contributed by atoms with van der Waals surface area (Å²) in [6.07, 6.45) is -4.34. The number of hydrogen-bond acceptors (Lipinski definition) is 0. The molecule has 0 aliphatic carbocycles. The van der Waals surface area contributed by atoms with Crippen LogP contribution in [0.15, 0.2) is 36.4 Å². The van der Waals surface area contributed by atoms with Crippen LogP contribution in [0, 0.1) is 6.92 Å². The number of aromatic amines is 1. The molecule has 3 aromatic rings. The van der Waals surface area contributed by atoms with Crippen LogP contribution in [0.1, 0.15) is 11.1 Å².